The summed E-state index contributed by atoms with van der Waals surface area (Å²) < 4.78 is 0. The lowest BCUT2D eigenvalue weighted by atomic mass is 9.78. The van der Waals surface area contributed by atoms with Gasteiger partial charge in [-0.2, -0.15) is 0 Å². The van der Waals surface area contributed by atoms with E-state index in [2.05, 4.69) is 19.2 Å². The minimum atomic E-state index is 0.123. The van der Waals surface area contributed by atoms with E-state index in [1.165, 1.54) is 25.7 Å². The van der Waals surface area contributed by atoms with Crippen molar-refractivity contribution in [3.63, 3.8) is 0 Å². The second kappa shape index (κ2) is 4.64. The van der Waals surface area contributed by atoms with Crippen molar-refractivity contribution in [2.75, 3.05) is 0 Å². The van der Waals surface area contributed by atoms with Gasteiger partial charge < -0.3 is 5.32 Å². The summed E-state index contributed by atoms with van der Waals surface area (Å²) in [5.41, 5.74) is 0. The van der Waals surface area contributed by atoms with Gasteiger partial charge in [-0.15, -0.1) is 0 Å². The first-order valence-electron chi connectivity index (χ1n) is 5.38. The number of nitrogens with one attached hydrogen (secondary N) is 1. The molecule has 0 saturated heterocycles. The van der Waals surface area contributed by atoms with Gasteiger partial charge >= 0.3 is 0 Å². The van der Waals surface area contributed by atoms with E-state index in [0.29, 0.717) is 17.9 Å². The maximum Gasteiger partial charge on any atom is 0.217 e. The molecule has 76 valence electrons. The highest BCUT2D eigenvalue weighted by Gasteiger charge is 2.27. The number of carbonyl (C=O) groups is 1. The zero-order valence-corrected chi connectivity index (χ0v) is 8.97. The van der Waals surface area contributed by atoms with Gasteiger partial charge in [0.2, 0.25) is 5.91 Å². The van der Waals surface area contributed by atoms with Crippen LogP contribution in [0.4, 0.5) is 0 Å². The second-order valence-electron chi connectivity index (χ2n) is 4.50. The van der Waals surface area contributed by atoms with Crippen LogP contribution in [0.3, 0.4) is 0 Å². The Balaban J connectivity index is 2.51. The van der Waals surface area contributed by atoms with Crippen LogP contribution in [0.15, 0.2) is 0 Å². The van der Waals surface area contributed by atoms with Crippen LogP contribution in [0, 0.1) is 11.8 Å². The smallest absolute Gasteiger partial charge is 0.217 e. The Labute approximate surface area is 81.1 Å². The SMILES string of the molecule is CC(=O)N[C@H]1CCCC[C@@H]1C(C)C. The van der Waals surface area contributed by atoms with Gasteiger partial charge in [0, 0.05) is 13.0 Å². The summed E-state index contributed by atoms with van der Waals surface area (Å²) in [5, 5.41) is 3.07. The summed E-state index contributed by atoms with van der Waals surface area (Å²) in [4.78, 5) is 11.0. The summed E-state index contributed by atoms with van der Waals surface area (Å²) >= 11 is 0. The Morgan fingerprint density at radius 2 is 1.92 bits per heavy atom. The number of amides is 1. The molecule has 0 spiro atoms. The standard InChI is InChI=1S/C11H21NO/c1-8(2)10-6-4-5-7-11(10)12-9(3)13/h8,10-11H,4-7H2,1-3H3,(H,12,13)/t10-,11+/m1/s1. The summed E-state index contributed by atoms with van der Waals surface area (Å²) in [6.07, 6.45) is 5.05. The molecule has 1 aliphatic rings. The molecule has 0 aliphatic heterocycles. The van der Waals surface area contributed by atoms with E-state index in [1.807, 2.05) is 0 Å². The molecule has 13 heavy (non-hydrogen) atoms. The molecule has 2 atom stereocenters. The monoisotopic (exact) mass is 183 g/mol. The van der Waals surface area contributed by atoms with E-state index >= 15 is 0 Å². The van der Waals surface area contributed by atoms with Crippen molar-refractivity contribution in [2.45, 2.75) is 52.5 Å². The van der Waals surface area contributed by atoms with Gasteiger partial charge in [-0.1, -0.05) is 26.7 Å². The Hall–Kier alpha value is -0.530. The molecule has 2 nitrogen and oxygen atoms in total. The summed E-state index contributed by atoms with van der Waals surface area (Å²) in [7, 11) is 0. The Bertz CT molecular complexity index is 177. The maximum atomic E-state index is 11.0. The first-order valence-corrected chi connectivity index (χ1v) is 5.38. The van der Waals surface area contributed by atoms with Crippen molar-refractivity contribution < 1.29 is 4.79 Å². The molecule has 0 aromatic rings. The topological polar surface area (TPSA) is 29.1 Å². The fourth-order valence-corrected chi connectivity index (χ4v) is 2.40. The largest absolute Gasteiger partial charge is 0.353 e. The maximum absolute atomic E-state index is 11.0. The molecule has 0 radical (unpaired) electrons. The molecule has 2 heteroatoms. The van der Waals surface area contributed by atoms with Crippen LogP contribution in [-0.2, 0) is 4.79 Å². The summed E-state index contributed by atoms with van der Waals surface area (Å²) in [5.74, 6) is 1.51. The van der Waals surface area contributed by atoms with Crippen molar-refractivity contribution in [3.8, 4) is 0 Å². The van der Waals surface area contributed by atoms with Gasteiger partial charge in [-0.25, -0.2) is 0 Å². The van der Waals surface area contributed by atoms with Gasteiger partial charge in [-0.05, 0) is 24.7 Å². The van der Waals surface area contributed by atoms with Crippen LogP contribution in [-0.4, -0.2) is 11.9 Å². The van der Waals surface area contributed by atoms with Crippen LogP contribution in [0.25, 0.3) is 0 Å². The van der Waals surface area contributed by atoms with E-state index in [4.69, 9.17) is 0 Å². The highest BCUT2D eigenvalue weighted by atomic mass is 16.1. The molecule has 1 saturated carbocycles. The van der Waals surface area contributed by atoms with E-state index in [9.17, 15) is 4.79 Å². The summed E-state index contributed by atoms with van der Waals surface area (Å²) in [6.45, 7) is 6.13. The molecule has 0 aromatic heterocycles. The normalized spacial score (nSPS) is 28.9. The lowest BCUT2D eigenvalue weighted by molar-refractivity contribution is -0.120. The number of hydrogen-bond donors (Lipinski definition) is 1. The Morgan fingerprint density at radius 1 is 1.31 bits per heavy atom. The number of rotatable bonds is 2. The molecular formula is C11H21NO. The predicted octanol–water partition coefficient (Wildman–Crippen LogP) is 2.34. The van der Waals surface area contributed by atoms with Gasteiger partial charge in [0.15, 0.2) is 0 Å². The van der Waals surface area contributed by atoms with Crippen molar-refractivity contribution in [1.29, 1.82) is 0 Å². The zero-order valence-electron chi connectivity index (χ0n) is 8.97. The van der Waals surface area contributed by atoms with E-state index in [-0.39, 0.29) is 5.91 Å². The van der Waals surface area contributed by atoms with Crippen molar-refractivity contribution >= 4 is 5.91 Å². The zero-order chi connectivity index (χ0) is 9.84. The molecule has 1 fully saturated rings. The van der Waals surface area contributed by atoms with Crippen molar-refractivity contribution in [1.82, 2.24) is 5.32 Å². The number of carbonyl (C=O) groups excluding carboxylic acids is 1. The molecule has 1 N–H and O–H groups in total. The van der Waals surface area contributed by atoms with Crippen molar-refractivity contribution in [2.24, 2.45) is 11.8 Å². The van der Waals surface area contributed by atoms with E-state index in [0.717, 1.165) is 0 Å². The lowest BCUT2D eigenvalue weighted by Gasteiger charge is -2.34. The first-order chi connectivity index (χ1) is 6.11. The van der Waals surface area contributed by atoms with Crippen LogP contribution in [0.1, 0.15) is 46.5 Å². The molecule has 1 aliphatic carbocycles. The first kappa shape index (κ1) is 10.6. The third-order valence-corrected chi connectivity index (χ3v) is 3.06. The highest BCUT2D eigenvalue weighted by molar-refractivity contribution is 5.73. The molecule has 1 rings (SSSR count). The van der Waals surface area contributed by atoms with Crippen molar-refractivity contribution in [3.05, 3.63) is 0 Å². The van der Waals surface area contributed by atoms with Gasteiger partial charge in [0.1, 0.15) is 0 Å². The van der Waals surface area contributed by atoms with E-state index < -0.39 is 0 Å². The average molecular weight is 183 g/mol. The van der Waals surface area contributed by atoms with Gasteiger partial charge in [0.05, 0.1) is 0 Å². The highest BCUT2D eigenvalue weighted by Crippen LogP contribution is 2.29. The van der Waals surface area contributed by atoms with Gasteiger partial charge in [-0.3, -0.25) is 4.79 Å². The minimum absolute atomic E-state index is 0.123. The fourth-order valence-electron chi connectivity index (χ4n) is 2.40. The minimum Gasteiger partial charge on any atom is -0.353 e. The molecule has 0 aromatic carbocycles. The van der Waals surface area contributed by atoms with E-state index in [1.54, 1.807) is 6.92 Å². The lowest BCUT2D eigenvalue weighted by Crippen LogP contribution is -2.42. The molecule has 0 bridgehead atoms. The predicted molar refractivity (Wildman–Crippen MR) is 54.4 cm³/mol. The second-order valence-corrected chi connectivity index (χ2v) is 4.50. The molecule has 0 heterocycles. The molecule has 1 amide bonds. The average Bonchev–Trinajstić information content (AvgIpc) is 2.03. The number of hydrogen-bond acceptors (Lipinski definition) is 1. The van der Waals surface area contributed by atoms with Crippen LogP contribution in [0.5, 0.6) is 0 Å². The fraction of sp³-hybridized carbons (Fsp3) is 0.909. The third kappa shape index (κ3) is 3.02. The van der Waals surface area contributed by atoms with Crippen LogP contribution >= 0.6 is 0 Å². The molecule has 0 unspecified atom stereocenters. The summed E-state index contributed by atoms with van der Waals surface area (Å²) in [6, 6.07) is 0.436. The van der Waals surface area contributed by atoms with Crippen LogP contribution in [0.2, 0.25) is 0 Å². The third-order valence-electron chi connectivity index (χ3n) is 3.06. The Morgan fingerprint density at radius 3 is 2.46 bits per heavy atom. The molecular weight excluding hydrogens is 162 g/mol. The van der Waals surface area contributed by atoms with Crippen LogP contribution < -0.4 is 5.32 Å². The Kier molecular flexibility index (Phi) is 3.76. The van der Waals surface area contributed by atoms with Gasteiger partial charge in [0.25, 0.3) is 0 Å². The quantitative estimate of drug-likeness (QED) is 0.699.